The molecule has 1 aliphatic heterocycles. The van der Waals surface area contributed by atoms with Crippen LogP contribution in [0.1, 0.15) is 43.6 Å². The zero-order valence-corrected chi connectivity index (χ0v) is 15.9. The summed E-state index contributed by atoms with van der Waals surface area (Å²) in [4.78, 5) is 20.3. The quantitative estimate of drug-likeness (QED) is 0.800. The van der Waals surface area contributed by atoms with E-state index in [9.17, 15) is 4.79 Å². The molecule has 0 atom stereocenters. The molecule has 26 heavy (non-hydrogen) atoms. The highest BCUT2D eigenvalue weighted by molar-refractivity contribution is 6.26. The lowest BCUT2D eigenvalue weighted by atomic mass is 9.78. The van der Waals surface area contributed by atoms with Crippen LogP contribution in [0.2, 0.25) is 0 Å². The van der Waals surface area contributed by atoms with Crippen LogP contribution in [-0.2, 0) is 0 Å². The van der Waals surface area contributed by atoms with E-state index >= 15 is 0 Å². The summed E-state index contributed by atoms with van der Waals surface area (Å²) in [5.41, 5.74) is 9.28. The molecule has 1 aromatic rings. The average molecular weight is 344 g/mol. The number of hydrogen-bond acceptors (Lipinski definition) is 3. The van der Waals surface area contributed by atoms with Crippen LogP contribution in [0.25, 0.3) is 5.57 Å². The molecule has 1 aromatic carbocycles. The Balaban J connectivity index is 1.99. The van der Waals surface area contributed by atoms with Gasteiger partial charge in [-0.25, -0.2) is 0 Å². The molecule has 132 valence electrons. The van der Waals surface area contributed by atoms with Gasteiger partial charge in [0.2, 0.25) is 0 Å². The minimum atomic E-state index is 0.121. The Hall–Kier alpha value is -2.68. The van der Waals surface area contributed by atoms with E-state index in [0.29, 0.717) is 6.54 Å². The molecule has 0 saturated heterocycles. The number of carbonyl (C=O) groups excluding carboxylic acids is 1. The lowest BCUT2D eigenvalue weighted by molar-refractivity contribution is 0.103. The zero-order chi connectivity index (χ0) is 18.4. The van der Waals surface area contributed by atoms with Gasteiger partial charge in [-0.15, -0.1) is 0 Å². The summed E-state index contributed by atoms with van der Waals surface area (Å²) in [7, 11) is 0. The molecule has 0 spiro atoms. The monoisotopic (exact) mass is 344 g/mol. The van der Waals surface area contributed by atoms with Crippen molar-refractivity contribution in [3.8, 4) is 0 Å². The van der Waals surface area contributed by atoms with Crippen LogP contribution in [0.3, 0.4) is 0 Å². The fourth-order valence-corrected chi connectivity index (χ4v) is 4.21. The normalized spacial score (nSPS) is 18.6. The van der Waals surface area contributed by atoms with Crippen LogP contribution >= 0.6 is 0 Å². The number of allylic oxidation sites excluding steroid dienone is 6. The molecule has 1 heterocycles. The van der Waals surface area contributed by atoms with Crippen molar-refractivity contribution in [2.24, 2.45) is 4.99 Å². The van der Waals surface area contributed by atoms with E-state index in [1.54, 1.807) is 0 Å². The highest BCUT2D eigenvalue weighted by Gasteiger charge is 2.35. The lowest BCUT2D eigenvalue weighted by Gasteiger charge is -2.22. The number of nitrogens with zero attached hydrogens (tertiary/aromatic N) is 2. The molecule has 0 radical (unpaired) electrons. The number of ketones is 1. The van der Waals surface area contributed by atoms with Gasteiger partial charge >= 0.3 is 0 Å². The average Bonchev–Trinajstić information content (AvgIpc) is 3.22. The second-order valence-electron chi connectivity index (χ2n) is 7.02. The smallest absolute Gasteiger partial charge is 0.194 e. The molecule has 0 aromatic heterocycles. The Morgan fingerprint density at radius 2 is 1.69 bits per heavy atom. The summed E-state index contributed by atoms with van der Waals surface area (Å²) in [6.45, 7) is 11.0. The van der Waals surface area contributed by atoms with Crippen LogP contribution in [-0.4, -0.2) is 36.0 Å². The molecule has 0 saturated carbocycles. The van der Waals surface area contributed by atoms with E-state index in [1.807, 2.05) is 25.1 Å². The largest absolute Gasteiger partial charge is 0.372 e. The Kier molecular flexibility index (Phi) is 4.03. The van der Waals surface area contributed by atoms with Crippen molar-refractivity contribution in [2.75, 3.05) is 19.6 Å². The summed E-state index contributed by atoms with van der Waals surface area (Å²) in [6, 6.07) is 7.97. The Morgan fingerprint density at radius 1 is 1.00 bits per heavy atom. The van der Waals surface area contributed by atoms with E-state index in [0.717, 1.165) is 52.2 Å². The van der Waals surface area contributed by atoms with E-state index < -0.39 is 0 Å². The predicted octanol–water partition coefficient (Wildman–Crippen LogP) is 4.59. The van der Waals surface area contributed by atoms with Gasteiger partial charge in [-0.1, -0.05) is 24.3 Å². The van der Waals surface area contributed by atoms with E-state index in [1.165, 1.54) is 11.3 Å². The second-order valence-corrected chi connectivity index (χ2v) is 7.02. The summed E-state index contributed by atoms with van der Waals surface area (Å²) >= 11 is 0. The van der Waals surface area contributed by atoms with Crippen LogP contribution in [0.15, 0.2) is 69.4 Å². The Bertz CT molecular complexity index is 966. The predicted molar refractivity (Wildman–Crippen MR) is 107 cm³/mol. The van der Waals surface area contributed by atoms with Gasteiger partial charge in [-0.05, 0) is 62.1 Å². The highest BCUT2D eigenvalue weighted by Crippen LogP contribution is 2.44. The van der Waals surface area contributed by atoms with Crippen molar-refractivity contribution in [1.29, 1.82) is 0 Å². The van der Waals surface area contributed by atoms with Gasteiger partial charge in [-0.2, -0.15) is 0 Å². The first-order valence-corrected chi connectivity index (χ1v) is 9.35. The topological polar surface area (TPSA) is 32.7 Å². The molecule has 0 bridgehead atoms. The van der Waals surface area contributed by atoms with Gasteiger partial charge in [0, 0.05) is 41.2 Å². The third-order valence-electron chi connectivity index (χ3n) is 5.55. The molecule has 2 aliphatic carbocycles. The number of carbonyl (C=O) groups is 1. The molecule has 0 fully saturated rings. The standard InChI is InChI=1S/C23H24N2O/c1-5-25(6-2)16-11-19-17-9-7-8-10-18(17)23(26)22(20(19)12-16)21-14(3)13-24-15(21)4/h7-12H,5-6,13H2,1-4H3. The SMILES string of the molecule is CCN(CC)C1=CC2=C(C3=C(C)CN=C3C)C(=O)c3ccccc3C2=C1. The van der Waals surface area contributed by atoms with Crippen molar-refractivity contribution in [3.05, 3.63) is 75.5 Å². The molecular formula is C23H24N2O. The van der Waals surface area contributed by atoms with Crippen LogP contribution in [0, 0.1) is 0 Å². The second kappa shape index (κ2) is 6.24. The Morgan fingerprint density at radius 3 is 2.31 bits per heavy atom. The first kappa shape index (κ1) is 16.8. The number of Topliss-reactive ketones (excluding diaryl/α,β-unsaturated/α-hetero) is 1. The van der Waals surface area contributed by atoms with Crippen molar-refractivity contribution in [2.45, 2.75) is 27.7 Å². The lowest BCUT2D eigenvalue weighted by Crippen LogP contribution is -2.20. The maximum Gasteiger partial charge on any atom is 0.194 e. The van der Waals surface area contributed by atoms with Crippen LogP contribution < -0.4 is 0 Å². The summed E-state index contributed by atoms with van der Waals surface area (Å²) in [5, 5.41) is 0. The minimum Gasteiger partial charge on any atom is -0.372 e. The van der Waals surface area contributed by atoms with Crippen molar-refractivity contribution >= 4 is 17.1 Å². The third kappa shape index (κ3) is 2.34. The van der Waals surface area contributed by atoms with Gasteiger partial charge < -0.3 is 4.90 Å². The van der Waals surface area contributed by atoms with Crippen LogP contribution in [0.4, 0.5) is 0 Å². The fourth-order valence-electron chi connectivity index (χ4n) is 4.21. The molecule has 3 aliphatic rings. The number of benzene rings is 1. The number of hydrogen-bond donors (Lipinski definition) is 0. The van der Waals surface area contributed by atoms with E-state index in [-0.39, 0.29) is 5.78 Å². The van der Waals surface area contributed by atoms with Gasteiger partial charge in [0.25, 0.3) is 0 Å². The Labute approximate surface area is 155 Å². The van der Waals surface area contributed by atoms with E-state index in [2.05, 4.69) is 48.9 Å². The fraction of sp³-hybridized carbons (Fsp3) is 0.304. The third-order valence-corrected chi connectivity index (χ3v) is 5.55. The molecule has 3 nitrogen and oxygen atoms in total. The number of rotatable bonds is 4. The highest BCUT2D eigenvalue weighted by atomic mass is 16.1. The van der Waals surface area contributed by atoms with Crippen molar-refractivity contribution < 1.29 is 4.79 Å². The first-order valence-electron chi connectivity index (χ1n) is 9.35. The van der Waals surface area contributed by atoms with Gasteiger partial charge in [0.15, 0.2) is 5.78 Å². The number of fused-ring (bicyclic) bond motifs is 3. The molecule has 3 heteroatoms. The summed E-state index contributed by atoms with van der Waals surface area (Å²) in [5.74, 6) is 0.121. The summed E-state index contributed by atoms with van der Waals surface area (Å²) < 4.78 is 0. The van der Waals surface area contributed by atoms with Gasteiger partial charge in [0.1, 0.15) is 0 Å². The van der Waals surface area contributed by atoms with Gasteiger partial charge in [0.05, 0.1) is 6.54 Å². The first-order chi connectivity index (χ1) is 12.6. The molecule has 0 amide bonds. The maximum atomic E-state index is 13.4. The molecule has 4 rings (SSSR count). The molecule has 0 unspecified atom stereocenters. The number of likely N-dealkylation sites (N-methyl/N-ethyl adjacent to an activating group) is 1. The van der Waals surface area contributed by atoms with Crippen molar-refractivity contribution in [1.82, 2.24) is 4.90 Å². The van der Waals surface area contributed by atoms with Gasteiger partial charge in [-0.3, -0.25) is 9.79 Å². The molecule has 0 N–H and O–H groups in total. The van der Waals surface area contributed by atoms with Crippen LogP contribution in [0.5, 0.6) is 0 Å². The molecular weight excluding hydrogens is 320 g/mol. The van der Waals surface area contributed by atoms with E-state index in [4.69, 9.17) is 0 Å². The summed E-state index contributed by atoms with van der Waals surface area (Å²) in [6.07, 6.45) is 4.43. The zero-order valence-electron chi connectivity index (χ0n) is 15.9. The minimum absolute atomic E-state index is 0.121. The maximum absolute atomic E-state index is 13.4. The van der Waals surface area contributed by atoms with Crippen molar-refractivity contribution in [3.63, 3.8) is 0 Å². The number of aliphatic imine (C=N–C) groups is 1.